The van der Waals surface area contributed by atoms with E-state index in [9.17, 15) is 4.39 Å². The lowest BCUT2D eigenvalue weighted by Crippen LogP contribution is -2.17. The van der Waals surface area contributed by atoms with Gasteiger partial charge in [-0.05, 0) is 24.6 Å². The molecule has 2 nitrogen and oxygen atoms in total. The lowest BCUT2D eigenvalue weighted by atomic mass is 10.1. The van der Waals surface area contributed by atoms with Crippen LogP contribution >= 0.6 is 11.3 Å². The summed E-state index contributed by atoms with van der Waals surface area (Å²) >= 11 is 1.62. The number of hydrogen-bond acceptors (Lipinski definition) is 3. The van der Waals surface area contributed by atoms with E-state index in [1.54, 1.807) is 23.5 Å². The van der Waals surface area contributed by atoms with E-state index in [-0.39, 0.29) is 11.9 Å². The highest BCUT2D eigenvalue weighted by molar-refractivity contribution is 7.09. The second kappa shape index (κ2) is 5.18. The fraction of sp³-hybridized carbons (Fsp3) is 0.250. The maximum Gasteiger partial charge on any atom is 0.123 e. The van der Waals surface area contributed by atoms with Crippen LogP contribution < -0.4 is 5.32 Å². The molecule has 0 aliphatic carbocycles. The van der Waals surface area contributed by atoms with Gasteiger partial charge in [0.25, 0.3) is 0 Å². The van der Waals surface area contributed by atoms with Gasteiger partial charge in [0, 0.05) is 23.7 Å². The van der Waals surface area contributed by atoms with Crippen molar-refractivity contribution in [2.75, 3.05) is 0 Å². The molecule has 1 unspecified atom stereocenters. The molecule has 4 heteroatoms. The predicted octanol–water partition coefficient (Wildman–Crippen LogP) is 3.13. The molecule has 1 heterocycles. The minimum Gasteiger partial charge on any atom is -0.305 e. The molecular weight excluding hydrogens is 223 g/mol. The van der Waals surface area contributed by atoms with E-state index < -0.39 is 0 Å². The van der Waals surface area contributed by atoms with Crippen LogP contribution in [0.4, 0.5) is 4.39 Å². The van der Waals surface area contributed by atoms with Crippen LogP contribution in [0.15, 0.2) is 36.0 Å². The predicted molar refractivity (Wildman–Crippen MR) is 63.8 cm³/mol. The lowest BCUT2D eigenvalue weighted by molar-refractivity contribution is 0.568. The molecule has 1 atom stereocenters. The summed E-state index contributed by atoms with van der Waals surface area (Å²) in [6, 6.07) is 6.81. The Hall–Kier alpha value is -1.26. The largest absolute Gasteiger partial charge is 0.305 e. The van der Waals surface area contributed by atoms with Crippen LogP contribution in [0.1, 0.15) is 23.4 Å². The van der Waals surface area contributed by atoms with Crippen LogP contribution in [0.3, 0.4) is 0 Å². The zero-order valence-corrected chi connectivity index (χ0v) is 9.80. The quantitative estimate of drug-likeness (QED) is 0.882. The van der Waals surface area contributed by atoms with Gasteiger partial charge < -0.3 is 5.32 Å². The Bertz CT molecular complexity index is 442. The average molecular weight is 236 g/mol. The minimum absolute atomic E-state index is 0.137. The Morgan fingerprint density at radius 1 is 1.50 bits per heavy atom. The number of aromatic nitrogens is 1. The van der Waals surface area contributed by atoms with Gasteiger partial charge in [-0.15, -0.1) is 11.3 Å². The molecule has 1 aromatic heterocycles. The van der Waals surface area contributed by atoms with E-state index in [2.05, 4.69) is 10.3 Å². The summed E-state index contributed by atoms with van der Waals surface area (Å²) in [7, 11) is 0. The number of rotatable bonds is 4. The summed E-state index contributed by atoms with van der Waals surface area (Å²) in [6.45, 7) is 2.79. The van der Waals surface area contributed by atoms with Crippen LogP contribution in [0, 0.1) is 5.82 Å². The van der Waals surface area contributed by atoms with Crippen molar-refractivity contribution in [1.29, 1.82) is 0 Å². The van der Waals surface area contributed by atoms with Crippen molar-refractivity contribution in [3.05, 3.63) is 52.2 Å². The van der Waals surface area contributed by atoms with E-state index in [0.717, 1.165) is 12.1 Å². The molecule has 2 rings (SSSR count). The lowest BCUT2D eigenvalue weighted by Gasteiger charge is -2.13. The summed E-state index contributed by atoms with van der Waals surface area (Å²) in [5.74, 6) is -0.191. The summed E-state index contributed by atoms with van der Waals surface area (Å²) < 4.78 is 13.0. The minimum atomic E-state index is -0.191. The Labute approximate surface area is 98.2 Å². The molecule has 84 valence electrons. The zero-order valence-electron chi connectivity index (χ0n) is 8.98. The third-order valence-electron chi connectivity index (χ3n) is 2.41. The number of hydrogen-bond donors (Lipinski definition) is 1. The van der Waals surface area contributed by atoms with Crippen molar-refractivity contribution in [1.82, 2.24) is 10.3 Å². The third kappa shape index (κ3) is 2.87. The van der Waals surface area contributed by atoms with Crippen LogP contribution in [-0.2, 0) is 6.54 Å². The van der Waals surface area contributed by atoms with Gasteiger partial charge in [-0.2, -0.15) is 0 Å². The molecule has 0 spiro atoms. The van der Waals surface area contributed by atoms with Gasteiger partial charge in [-0.1, -0.05) is 12.1 Å². The normalized spacial score (nSPS) is 12.6. The van der Waals surface area contributed by atoms with E-state index in [0.29, 0.717) is 0 Å². The first-order valence-corrected chi connectivity index (χ1v) is 6.00. The fourth-order valence-electron chi connectivity index (χ4n) is 1.48. The smallest absolute Gasteiger partial charge is 0.123 e. The van der Waals surface area contributed by atoms with Gasteiger partial charge in [0.2, 0.25) is 0 Å². The van der Waals surface area contributed by atoms with Crippen LogP contribution in [-0.4, -0.2) is 4.98 Å². The van der Waals surface area contributed by atoms with Crippen molar-refractivity contribution >= 4 is 11.3 Å². The number of thiazole rings is 1. The number of halogens is 1. The monoisotopic (exact) mass is 236 g/mol. The first-order chi connectivity index (χ1) is 7.75. The average Bonchev–Trinajstić information content (AvgIpc) is 2.78. The van der Waals surface area contributed by atoms with Crippen molar-refractivity contribution < 1.29 is 4.39 Å². The van der Waals surface area contributed by atoms with E-state index >= 15 is 0 Å². The standard InChI is InChI=1S/C12H13FN2S/c1-9(10-3-2-4-11(13)5-10)15-7-12-6-14-8-16-12/h2-6,8-9,15H,7H2,1H3. The van der Waals surface area contributed by atoms with Crippen molar-refractivity contribution in [3.63, 3.8) is 0 Å². The summed E-state index contributed by atoms with van der Waals surface area (Å²) in [5.41, 5.74) is 2.77. The molecule has 0 amide bonds. The molecular formula is C12H13FN2S. The van der Waals surface area contributed by atoms with Gasteiger partial charge in [0.15, 0.2) is 0 Å². The second-order valence-electron chi connectivity index (χ2n) is 3.63. The molecule has 1 aromatic carbocycles. The first kappa shape index (κ1) is 11.2. The molecule has 2 aromatic rings. The molecule has 0 fully saturated rings. The van der Waals surface area contributed by atoms with E-state index in [1.165, 1.54) is 10.9 Å². The summed E-state index contributed by atoms with van der Waals surface area (Å²) in [4.78, 5) is 5.19. The van der Waals surface area contributed by atoms with Crippen molar-refractivity contribution in [2.24, 2.45) is 0 Å². The molecule has 0 saturated carbocycles. The highest BCUT2D eigenvalue weighted by atomic mass is 32.1. The number of benzene rings is 1. The maximum absolute atomic E-state index is 13.0. The molecule has 0 radical (unpaired) electrons. The van der Waals surface area contributed by atoms with Crippen LogP contribution in [0.2, 0.25) is 0 Å². The Morgan fingerprint density at radius 3 is 3.06 bits per heavy atom. The number of nitrogens with one attached hydrogen (secondary N) is 1. The SMILES string of the molecule is CC(NCc1cncs1)c1cccc(F)c1. The molecule has 0 aliphatic heterocycles. The molecule has 16 heavy (non-hydrogen) atoms. The summed E-state index contributed by atoms with van der Waals surface area (Å²) in [6.07, 6.45) is 1.84. The number of nitrogens with zero attached hydrogens (tertiary/aromatic N) is 1. The van der Waals surface area contributed by atoms with Crippen molar-refractivity contribution in [2.45, 2.75) is 19.5 Å². The first-order valence-electron chi connectivity index (χ1n) is 5.12. The topological polar surface area (TPSA) is 24.9 Å². The Balaban J connectivity index is 1.95. The van der Waals surface area contributed by atoms with Crippen LogP contribution in [0.5, 0.6) is 0 Å². The van der Waals surface area contributed by atoms with Gasteiger partial charge in [-0.3, -0.25) is 4.98 Å². The second-order valence-corrected chi connectivity index (χ2v) is 4.60. The van der Waals surface area contributed by atoms with Gasteiger partial charge in [-0.25, -0.2) is 4.39 Å². The van der Waals surface area contributed by atoms with Gasteiger partial charge >= 0.3 is 0 Å². The van der Waals surface area contributed by atoms with Crippen molar-refractivity contribution in [3.8, 4) is 0 Å². The molecule has 1 N–H and O–H groups in total. The van der Waals surface area contributed by atoms with E-state index in [4.69, 9.17) is 0 Å². The highest BCUT2D eigenvalue weighted by Crippen LogP contribution is 2.15. The Morgan fingerprint density at radius 2 is 2.38 bits per heavy atom. The maximum atomic E-state index is 13.0. The molecule has 0 bridgehead atoms. The molecule has 0 saturated heterocycles. The highest BCUT2D eigenvalue weighted by Gasteiger charge is 2.05. The third-order valence-corrected chi connectivity index (χ3v) is 3.19. The summed E-state index contributed by atoms with van der Waals surface area (Å²) in [5, 5.41) is 3.33. The fourth-order valence-corrected chi connectivity index (χ4v) is 2.02. The zero-order chi connectivity index (χ0) is 11.4. The van der Waals surface area contributed by atoms with Gasteiger partial charge in [0.1, 0.15) is 5.82 Å². The van der Waals surface area contributed by atoms with Crippen LogP contribution in [0.25, 0.3) is 0 Å². The Kier molecular flexibility index (Phi) is 3.64. The van der Waals surface area contributed by atoms with E-state index in [1.807, 2.05) is 24.7 Å². The van der Waals surface area contributed by atoms with Gasteiger partial charge in [0.05, 0.1) is 5.51 Å². The molecule has 0 aliphatic rings.